The van der Waals surface area contributed by atoms with E-state index in [0.29, 0.717) is 19.7 Å². The maximum absolute atomic E-state index is 12.2. The third-order valence-electron chi connectivity index (χ3n) is 3.70. The molecule has 0 aromatic carbocycles. The molecule has 0 spiro atoms. The van der Waals surface area contributed by atoms with Crippen molar-refractivity contribution in [1.82, 2.24) is 10.2 Å². The van der Waals surface area contributed by atoms with E-state index in [1.165, 1.54) is 0 Å². The first kappa shape index (κ1) is 15.6. The van der Waals surface area contributed by atoms with E-state index in [2.05, 4.69) is 5.32 Å². The summed E-state index contributed by atoms with van der Waals surface area (Å²) in [6, 6.07) is 3.52. The first-order chi connectivity index (χ1) is 10.0. The van der Waals surface area contributed by atoms with Crippen LogP contribution < -0.4 is 5.32 Å². The predicted octanol–water partition coefficient (Wildman–Crippen LogP) is 1.26. The summed E-state index contributed by atoms with van der Waals surface area (Å²) in [7, 11) is 1.60. The molecular weight excluding hydrogens is 272 g/mol. The first-order valence-electron chi connectivity index (χ1n) is 7.14. The van der Waals surface area contributed by atoms with Crippen LogP contribution in [0.2, 0.25) is 0 Å². The van der Waals surface area contributed by atoms with Gasteiger partial charge in [-0.15, -0.1) is 0 Å². The van der Waals surface area contributed by atoms with Gasteiger partial charge in [0, 0.05) is 26.6 Å². The number of nitrogens with one attached hydrogen (secondary N) is 1. The topological polar surface area (TPSA) is 71.8 Å². The number of rotatable bonds is 6. The van der Waals surface area contributed by atoms with Gasteiger partial charge in [0.2, 0.25) is 11.8 Å². The highest BCUT2D eigenvalue weighted by Gasteiger charge is 2.34. The molecule has 1 aromatic rings. The van der Waals surface area contributed by atoms with Gasteiger partial charge in [0.25, 0.3) is 0 Å². The summed E-state index contributed by atoms with van der Waals surface area (Å²) >= 11 is 0. The number of methoxy groups -OCH3 is 1. The van der Waals surface area contributed by atoms with Gasteiger partial charge in [0.1, 0.15) is 11.5 Å². The Labute approximate surface area is 124 Å². The molecule has 1 fully saturated rings. The summed E-state index contributed by atoms with van der Waals surface area (Å²) in [4.78, 5) is 25.7. The van der Waals surface area contributed by atoms with Gasteiger partial charge in [-0.3, -0.25) is 9.59 Å². The van der Waals surface area contributed by atoms with Gasteiger partial charge in [-0.05, 0) is 26.0 Å². The Hall–Kier alpha value is -1.82. The van der Waals surface area contributed by atoms with E-state index in [0.717, 1.165) is 11.5 Å². The summed E-state index contributed by atoms with van der Waals surface area (Å²) < 4.78 is 10.5. The molecule has 6 heteroatoms. The molecule has 1 aliphatic heterocycles. The molecule has 1 saturated heterocycles. The maximum Gasteiger partial charge on any atom is 0.226 e. The van der Waals surface area contributed by atoms with Crippen LogP contribution >= 0.6 is 0 Å². The third-order valence-corrected chi connectivity index (χ3v) is 3.70. The standard InChI is InChI=1S/C15H22N2O4/c1-10-4-5-13(21-10)11(2)16-15(19)12-8-14(18)17(9-12)6-7-20-3/h4-5,11-12H,6-9H2,1-3H3,(H,16,19)/t11-,12-/m1/s1. The number of nitrogens with zero attached hydrogens (tertiary/aromatic N) is 1. The second-order valence-electron chi connectivity index (χ2n) is 5.41. The predicted molar refractivity (Wildman–Crippen MR) is 76.6 cm³/mol. The van der Waals surface area contributed by atoms with Crippen molar-refractivity contribution in [3.63, 3.8) is 0 Å². The Morgan fingerprint density at radius 3 is 2.95 bits per heavy atom. The molecule has 1 aromatic heterocycles. The molecule has 6 nitrogen and oxygen atoms in total. The number of aryl methyl sites for hydroxylation is 1. The van der Waals surface area contributed by atoms with Crippen molar-refractivity contribution in [2.24, 2.45) is 5.92 Å². The lowest BCUT2D eigenvalue weighted by Crippen LogP contribution is -2.35. The van der Waals surface area contributed by atoms with Crippen molar-refractivity contribution in [2.75, 3.05) is 26.8 Å². The molecule has 0 aliphatic carbocycles. The molecule has 1 aliphatic rings. The van der Waals surface area contributed by atoms with Crippen molar-refractivity contribution in [3.05, 3.63) is 23.7 Å². The van der Waals surface area contributed by atoms with Crippen LogP contribution in [0.25, 0.3) is 0 Å². The highest BCUT2D eigenvalue weighted by molar-refractivity contribution is 5.89. The van der Waals surface area contributed by atoms with E-state index in [1.807, 2.05) is 26.0 Å². The molecule has 2 rings (SSSR count). The van der Waals surface area contributed by atoms with E-state index in [4.69, 9.17) is 9.15 Å². The first-order valence-corrected chi connectivity index (χ1v) is 7.14. The molecule has 0 bridgehead atoms. The van der Waals surface area contributed by atoms with Gasteiger partial charge in [-0.2, -0.15) is 0 Å². The zero-order valence-electron chi connectivity index (χ0n) is 12.7. The van der Waals surface area contributed by atoms with Gasteiger partial charge >= 0.3 is 0 Å². The summed E-state index contributed by atoms with van der Waals surface area (Å²) in [5.74, 6) is 1.14. The van der Waals surface area contributed by atoms with Crippen molar-refractivity contribution in [1.29, 1.82) is 0 Å². The van der Waals surface area contributed by atoms with Crippen LogP contribution in [0, 0.1) is 12.8 Å². The number of hydrogen-bond acceptors (Lipinski definition) is 4. The van der Waals surface area contributed by atoms with E-state index in [-0.39, 0.29) is 30.2 Å². The molecule has 2 atom stereocenters. The molecule has 2 heterocycles. The van der Waals surface area contributed by atoms with E-state index in [1.54, 1.807) is 12.0 Å². The number of furan rings is 1. The maximum atomic E-state index is 12.2. The Bertz CT molecular complexity index is 512. The lowest BCUT2D eigenvalue weighted by molar-refractivity contribution is -0.129. The SMILES string of the molecule is COCCN1C[C@H](C(=O)N[C@H](C)c2ccc(C)o2)CC1=O. The Morgan fingerprint density at radius 1 is 1.57 bits per heavy atom. The fraction of sp³-hybridized carbons (Fsp3) is 0.600. The lowest BCUT2D eigenvalue weighted by Gasteiger charge is -2.17. The van der Waals surface area contributed by atoms with E-state index < -0.39 is 0 Å². The van der Waals surface area contributed by atoms with Gasteiger partial charge < -0.3 is 19.4 Å². The minimum absolute atomic E-state index is 0.00805. The Kier molecular flexibility index (Phi) is 5.01. The summed E-state index contributed by atoms with van der Waals surface area (Å²) in [5, 5.41) is 2.91. The molecule has 1 N–H and O–H groups in total. The second-order valence-corrected chi connectivity index (χ2v) is 5.41. The number of amides is 2. The molecule has 2 amide bonds. The quantitative estimate of drug-likeness (QED) is 0.857. The second kappa shape index (κ2) is 6.76. The van der Waals surface area contributed by atoms with Crippen LogP contribution in [0.5, 0.6) is 0 Å². The van der Waals surface area contributed by atoms with Gasteiger partial charge in [0.15, 0.2) is 0 Å². The molecule has 0 radical (unpaired) electrons. The number of likely N-dealkylation sites (tertiary alicyclic amines) is 1. The van der Waals surface area contributed by atoms with Gasteiger partial charge in [0.05, 0.1) is 18.6 Å². The average molecular weight is 294 g/mol. The minimum atomic E-state index is -0.298. The average Bonchev–Trinajstić information content (AvgIpc) is 3.03. The molecular formula is C15H22N2O4. The van der Waals surface area contributed by atoms with E-state index >= 15 is 0 Å². The number of carbonyl (C=O) groups excluding carboxylic acids is 2. The molecule has 116 valence electrons. The van der Waals surface area contributed by atoms with Crippen molar-refractivity contribution in [2.45, 2.75) is 26.3 Å². The Balaban J connectivity index is 1.88. The zero-order chi connectivity index (χ0) is 15.4. The molecule has 0 saturated carbocycles. The number of hydrogen-bond donors (Lipinski definition) is 1. The number of ether oxygens (including phenoxy) is 1. The highest BCUT2D eigenvalue weighted by atomic mass is 16.5. The van der Waals surface area contributed by atoms with Crippen LogP contribution in [0.4, 0.5) is 0 Å². The Morgan fingerprint density at radius 2 is 2.33 bits per heavy atom. The number of carbonyl (C=O) groups is 2. The lowest BCUT2D eigenvalue weighted by atomic mass is 10.1. The van der Waals surface area contributed by atoms with Crippen LogP contribution in [0.3, 0.4) is 0 Å². The van der Waals surface area contributed by atoms with Crippen molar-refractivity contribution >= 4 is 11.8 Å². The highest BCUT2D eigenvalue weighted by Crippen LogP contribution is 2.20. The smallest absolute Gasteiger partial charge is 0.226 e. The summed E-state index contributed by atoms with van der Waals surface area (Å²) in [6.45, 7) is 5.21. The monoisotopic (exact) mass is 294 g/mol. The van der Waals surface area contributed by atoms with Crippen LogP contribution in [0.15, 0.2) is 16.5 Å². The van der Waals surface area contributed by atoms with E-state index in [9.17, 15) is 9.59 Å². The molecule has 0 unspecified atom stereocenters. The fourth-order valence-corrected chi connectivity index (χ4v) is 2.45. The van der Waals surface area contributed by atoms with Gasteiger partial charge in [-0.25, -0.2) is 0 Å². The third kappa shape index (κ3) is 3.85. The molecule has 21 heavy (non-hydrogen) atoms. The van der Waals surface area contributed by atoms with Crippen LogP contribution in [-0.2, 0) is 14.3 Å². The minimum Gasteiger partial charge on any atom is -0.464 e. The summed E-state index contributed by atoms with van der Waals surface area (Å²) in [5.41, 5.74) is 0. The van der Waals surface area contributed by atoms with Crippen LogP contribution in [0.1, 0.15) is 30.9 Å². The van der Waals surface area contributed by atoms with Crippen molar-refractivity contribution < 1.29 is 18.7 Å². The summed E-state index contributed by atoms with van der Waals surface area (Å²) in [6.07, 6.45) is 0.263. The van der Waals surface area contributed by atoms with Crippen LogP contribution in [-0.4, -0.2) is 43.5 Å². The zero-order valence-corrected chi connectivity index (χ0v) is 12.7. The largest absolute Gasteiger partial charge is 0.464 e. The fourth-order valence-electron chi connectivity index (χ4n) is 2.45. The van der Waals surface area contributed by atoms with Crippen molar-refractivity contribution in [3.8, 4) is 0 Å². The normalized spacial score (nSPS) is 19.9. The van der Waals surface area contributed by atoms with Gasteiger partial charge in [-0.1, -0.05) is 0 Å².